The zero-order valence-electron chi connectivity index (χ0n) is 16.2. The Labute approximate surface area is 182 Å². The molecule has 0 radical (unpaired) electrons. The van der Waals surface area contributed by atoms with E-state index in [2.05, 4.69) is 55.8 Å². The van der Waals surface area contributed by atoms with E-state index in [0.29, 0.717) is 22.1 Å². The summed E-state index contributed by atoms with van der Waals surface area (Å²) in [4.78, 5) is 11.7. The van der Waals surface area contributed by atoms with Crippen molar-refractivity contribution in [3.63, 3.8) is 0 Å². The molecule has 2 rings (SSSR count). The van der Waals surface area contributed by atoms with Crippen LogP contribution in [0.5, 0.6) is 5.75 Å². The highest BCUT2D eigenvalue weighted by atomic mass is 79.9. The predicted octanol–water partition coefficient (Wildman–Crippen LogP) is 7.57. The number of anilines is 1. The summed E-state index contributed by atoms with van der Waals surface area (Å²) in [5.74, 6) is 0.0323. The van der Waals surface area contributed by atoms with Gasteiger partial charge in [-0.15, -0.1) is 0 Å². The Bertz CT molecular complexity index is 768. The number of ether oxygens (including phenoxy) is 1. The van der Waals surface area contributed by atoms with Gasteiger partial charge in [-0.1, -0.05) is 64.6 Å². The van der Waals surface area contributed by atoms with Gasteiger partial charge in [-0.25, -0.2) is 0 Å². The Morgan fingerprint density at radius 2 is 1.82 bits per heavy atom. The van der Waals surface area contributed by atoms with Crippen molar-refractivity contribution in [1.82, 2.24) is 0 Å². The summed E-state index contributed by atoms with van der Waals surface area (Å²) >= 11 is 6.70. The van der Waals surface area contributed by atoms with Crippen molar-refractivity contribution >= 4 is 43.3 Å². The minimum absolute atomic E-state index is 0.0803. The van der Waals surface area contributed by atoms with Crippen LogP contribution in [-0.4, -0.2) is 12.4 Å². The van der Waals surface area contributed by atoms with Gasteiger partial charge < -0.3 is 10.1 Å². The zero-order valence-corrected chi connectivity index (χ0v) is 19.4. The molecule has 0 amide bonds. The number of nitrogens with one attached hydrogen (secondary N) is 1. The lowest BCUT2D eigenvalue weighted by atomic mass is 10.1. The van der Waals surface area contributed by atoms with Gasteiger partial charge in [0.1, 0.15) is 5.75 Å². The Balaban J connectivity index is 0.000000892. The number of alkyl halides is 3. The average Bonchev–Trinajstić information content (AvgIpc) is 2.66. The second kappa shape index (κ2) is 12.9. The third-order valence-electron chi connectivity index (χ3n) is 3.83. The van der Waals surface area contributed by atoms with Gasteiger partial charge in [0.05, 0.1) is 0 Å². The second-order valence-electron chi connectivity index (χ2n) is 6.05. The van der Waals surface area contributed by atoms with Crippen molar-refractivity contribution in [3.8, 4) is 5.75 Å². The molecule has 3 nitrogen and oxygen atoms in total. The minimum Gasteiger partial charge on any atom is -0.434 e. The molecule has 154 valence electrons. The molecule has 0 aliphatic rings. The Morgan fingerprint density at radius 1 is 1.14 bits per heavy atom. The van der Waals surface area contributed by atoms with Gasteiger partial charge in [0, 0.05) is 33.2 Å². The number of ketones is 1. The molecule has 0 aliphatic heterocycles. The fourth-order valence-corrected chi connectivity index (χ4v) is 2.94. The monoisotopic (exact) mass is 519 g/mol. The third kappa shape index (κ3) is 8.27. The SMILES string of the molecule is CC(=O)c1ccc(Br)cc1NCc1cc(CBr)ccc1OC(F)F.CCCC. The van der Waals surface area contributed by atoms with Crippen molar-refractivity contribution in [2.24, 2.45) is 0 Å². The number of hydrogen-bond donors (Lipinski definition) is 1. The topological polar surface area (TPSA) is 38.3 Å². The number of halogens is 4. The van der Waals surface area contributed by atoms with Crippen molar-refractivity contribution in [3.05, 3.63) is 57.6 Å². The molecule has 7 heteroatoms. The first kappa shape index (κ1) is 24.6. The lowest BCUT2D eigenvalue weighted by Crippen LogP contribution is -2.09. The highest BCUT2D eigenvalue weighted by molar-refractivity contribution is 9.10. The number of benzene rings is 2. The first-order valence-corrected chi connectivity index (χ1v) is 10.9. The summed E-state index contributed by atoms with van der Waals surface area (Å²) in [6.45, 7) is 3.20. The number of unbranched alkanes of at least 4 members (excludes halogenated alkanes) is 1. The Hall–Kier alpha value is -1.47. The van der Waals surface area contributed by atoms with Crippen molar-refractivity contribution < 1.29 is 18.3 Å². The summed E-state index contributed by atoms with van der Waals surface area (Å²) in [6.07, 6.45) is 2.64. The molecule has 0 aliphatic carbocycles. The first-order valence-electron chi connectivity index (χ1n) is 8.99. The predicted molar refractivity (Wildman–Crippen MR) is 118 cm³/mol. The van der Waals surface area contributed by atoms with Gasteiger partial charge in [-0.2, -0.15) is 8.78 Å². The van der Waals surface area contributed by atoms with Crippen LogP contribution in [0, 0.1) is 0 Å². The van der Waals surface area contributed by atoms with E-state index in [1.807, 2.05) is 0 Å². The first-order chi connectivity index (χ1) is 13.3. The molecule has 2 aromatic carbocycles. The van der Waals surface area contributed by atoms with Gasteiger partial charge in [0.2, 0.25) is 0 Å². The highest BCUT2D eigenvalue weighted by Crippen LogP contribution is 2.27. The second-order valence-corrected chi connectivity index (χ2v) is 7.53. The van der Waals surface area contributed by atoms with E-state index < -0.39 is 6.61 Å². The maximum atomic E-state index is 12.6. The molecular formula is C21H25Br2F2NO2. The summed E-state index contributed by atoms with van der Waals surface area (Å²) in [6, 6.07) is 10.3. The minimum atomic E-state index is -2.89. The molecule has 1 N–H and O–H groups in total. The van der Waals surface area contributed by atoms with Gasteiger partial charge in [0.15, 0.2) is 5.78 Å². The van der Waals surface area contributed by atoms with E-state index in [9.17, 15) is 13.6 Å². The fourth-order valence-electron chi connectivity index (χ4n) is 2.23. The van der Waals surface area contributed by atoms with E-state index >= 15 is 0 Å². The average molecular weight is 521 g/mol. The highest BCUT2D eigenvalue weighted by Gasteiger charge is 2.12. The van der Waals surface area contributed by atoms with Crippen LogP contribution in [0.1, 0.15) is 55.1 Å². The van der Waals surface area contributed by atoms with Crippen molar-refractivity contribution in [2.75, 3.05) is 5.32 Å². The van der Waals surface area contributed by atoms with E-state index in [1.54, 1.807) is 30.3 Å². The summed E-state index contributed by atoms with van der Waals surface area (Å²) < 4.78 is 30.5. The van der Waals surface area contributed by atoms with E-state index in [1.165, 1.54) is 25.8 Å². The molecule has 0 saturated heterocycles. The van der Waals surface area contributed by atoms with Gasteiger partial charge >= 0.3 is 6.61 Å². The summed E-state index contributed by atoms with van der Waals surface area (Å²) in [5.41, 5.74) is 2.69. The van der Waals surface area contributed by atoms with Crippen LogP contribution in [0.4, 0.5) is 14.5 Å². The number of rotatable bonds is 8. The Morgan fingerprint density at radius 3 is 2.36 bits per heavy atom. The molecule has 0 saturated carbocycles. The molecule has 28 heavy (non-hydrogen) atoms. The van der Waals surface area contributed by atoms with Crippen LogP contribution in [-0.2, 0) is 11.9 Å². The van der Waals surface area contributed by atoms with Crippen LogP contribution >= 0.6 is 31.9 Å². The third-order valence-corrected chi connectivity index (χ3v) is 4.97. The van der Waals surface area contributed by atoms with E-state index in [-0.39, 0.29) is 18.1 Å². The largest absolute Gasteiger partial charge is 0.434 e. The molecule has 0 fully saturated rings. The fraction of sp³-hybridized carbons (Fsp3) is 0.381. The molecule has 2 aromatic rings. The van der Waals surface area contributed by atoms with Crippen molar-refractivity contribution in [1.29, 1.82) is 0 Å². The summed E-state index contributed by atoms with van der Waals surface area (Å²) in [5, 5.41) is 3.73. The molecule has 0 spiro atoms. The van der Waals surface area contributed by atoms with E-state index in [4.69, 9.17) is 0 Å². The molecule has 0 aromatic heterocycles. The molecule has 0 atom stereocenters. The molecule has 0 unspecified atom stereocenters. The quantitative estimate of drug-likeness (QED) is 0.288. The number of carbonyl (C=O) groups is 1. The van der Waals surface area contributed by atoms with Crippen molar-refractivity contribution in [2.45, 2.75) is 52.1 Å². The van der Waals surface area contributed by atoms with Gasteiger partial charge in [-0.05, 0) is 42.8 Å². The molecule has 0 heterocycles. The normalized spacial score (nSPS) is 10.3. The Kier molecular flexibility index (Phi) is 11.3. The number of Topliss-reactive ketones (excluding diaryl/α,β-unsaturated/α-hetero) is 1. The van der Waals surface area contributed by atoms with Gasteiger partial charge in [0.25, 0.3) is 0 Å². The summed E-state index contributed by atoms with van der Waals surface area (Å²) in [7, 11) is 0. The number of carbonyl (C=O) groups excluding carboxylic acids is 1. The maximum Gasteiger partial charge on any atom is 0.387 e. The lowest BCUT2D eigenvalue weighted by Gasteiger charge is -2.15. The number of hydrogen-bond acceptors (Lipinski definition) is 3. The molecular weight excluding hydrogens is 496 g/mol. The van der Waals surface area contributed by atoms with Crippen LogP contribution in [0.3, 0.4) is 0 Å². The lowest BCUT2D eigenvalue weighted by molar-refractivity contribution is -0.0504. The van der Waals surface area contributed by atoms with Crippen LogP contribution in [0.2, 0.25) is 0 Å². The van der Waals surface area contributed by atoms with Crippen LogP contribution in [0.25, 0.3) is 0 Å². The standard InChI is InChI=1S/C17H15Br2F2NO2.C4H10/c1-10(23)14-4-3-13(19)7-15(14)22-9-12-6-11(8-18)2-5-16(12)24-17(20)21;1-3-4-2/h2-7,17,22H,8-9H2,1H3;3-4H2,1-2H3. The van der Waals surface area contributed by atoms with E-state index in [0.717, 1.165) is 10.0 Å². The van der Waals surface area contributed by atoms with Crippen LogP contribution in [0.15, 0.2) is 40.9 Å². The smallest absolute Gasteiger partial charge is 0.387 e. The van der Waals surface area contributed by atoms with Crippen LogP contribution < -0.4 is 10.1 Å². The van der Waals surface area contributed by atoms with Gasteiger partial charge in [-0.3, -0.25) is 4.79 Å². The maximum absolute atomic E-state index is 12.6. The zero-order chi connectivity index (χ0) is 21.1. The molecule has 0 bridgehead atoms.